The van der Waals surface area contributed by atoms with Gasteiger partial charge in [0, 0.05) is 20.2 Å². The zero-order chi connectivity index (χ0) is 14.4. The molecule has 0 unspecified atom stereocenters. The Morgan fingerprint density at radius 2 is 1.75 bits per heavy atom. The molecule has 0 spiro atoms. The maximum absolute atomic E-state index is 5.13. The first-order valence-electron chi connectivity index (χ1n) is 7.90. The molecule has 20 heavy (non-hydrogen) atoms. The van der Waals surface area contributed by atoms with Gasteiger partial charge in [-0.3, -0.25) is 0 Å². The van der Waals surface area contributed by atoms with Gasteiger partial charge < -0.3 is 10.1 Å². The van der Waals surface area contributed by atoms with E-state index in [1.807, 2.05) is 0 Å². The van der Waals surface area contributed by atoms with Crippen LogP contribution in [0.5, 0.6) is 0 Å². The van der Waals surface area contributed by atoms with E-state index in [2.05, 4.69) is 37.4 Å². The molecule has 1 N–H and O–H groups in total. The molecule has 2 heteroatoms. The zero-order valence-corrected chi connectivity index (χ0v) is 13.3. The predicted octanol–water partition coefficient (Wildman–Crippen LogP) is 3.64. The van der Waals surface area contributed by atoms with E-state index >= 15 is 0 Å². The standard InChI is InChI=1S/C18H29NO/c1-15-10-16(2)12-17(11-15)13-18(6-4-5-7-18)14-19-8-9-20-3/h10-12,19H,4-9,13-14H2,1-3H3. The van der Waals surface area contributed by atoms with Crippen molar-refractivity contribution < 1.29 is 4.74 Å². The summed E-state index contributed by atoms with van der Waals surface area (Å²) in [6.07, 6.45) is 6.71. The van der Waals surface area contributed by atoms with E-state index in [4.69, 9.17) is 4.74 Å². The van der Waals surface area contributed by atoms with E-state index in [1.54, 1.807) is 7.11 Å². The van der Waals surface area contributed by atoms with Crippen LogP contribution in [0.15, 0.2) is 18.2 Å². The van der Waals surface area contributed by atoms with Gasteiger partial charge >= 0.3 is 0 Å². The summed E-state index contributed by atoms with van der Waals surface area (Å²) >= 11 is 0. The van der Waals surface area contributed by atoms with Crippen molar-refractivity contribution in [1.82, 2.24) is 5.32 Å². The molecule has 2 nitrogen and oxygen atoms in total. The largest absolute Gasteiger partial charge is 0.383 e. The number of nitrogens with one attached hydrogen (secondary N) is 1. The van der Waals surface area contributed by atoms with Gasteiger partial charge in [-0.1, -0.05) is 42.2 Å². The highest BCUT2D eigenvalue weighted by Gasteiger charge is 2.33. The lowest BCUT2D eigenvalue weighted by atomic mass is 9.79. The van der Waals surface area contributed by atoms with E-state index in [0.29, 0.717) is 5.41 Å². The van der Waals surface area contributed by atoms with Crippen molar-refractivity contribution in [2.24, 2.45) is 5.41 Å². The molecule has 1 aliphatic carbocycles. The fourth-order valence-electron chi connectivity index (χ4n) is 3.67. The highest BCUT2D eigenvalue weighted by molar-refractivity contribution is 5.29. The lowest BCUT2D eigenvalue weighted by Crippen LogP contribution is -2.35. The van der Waals surface area contributed by atoms with Crippen LogP contribution in [-0.2, 0) is 11.2 Å². The molecule has 1 fully saturated rings. The number of rotatable bonds is 7. The number of hydrogen-bond donors (Lipinski definition) is 1. The molecule has 0 heterocycles. The molecule has 2 rings (SSSR count). The van der Waals surface area contributed by atoms with Crippen molar-refractivity contribution >= 4 is 0 Å². The van der Waals surface area contributed by atoms with Crippen LogP contribution in [0.25, 0.3) is 0 Å². The Labute approximate surface area is 123 Å². The summed E-state index contributed by atoms with van der Waals surface area (Å²) in [5.41, 5.74) is 4.76. The Balaban J connectivity index is 2.00. The van der Waals surface area contributed by atoms with E-state index in [9.17, 15) is 0 Å². The summed E-state index contributed by atoms with van der Waals surface area (Å²) in [7, 11) is 1.77. The molecule has 0 amide bonds. The smallest absolute Gasteiger partial charge is 0.0587 e. The highest BCUT2D eigenvalue weighted by atomic mass is 16.5. The van der Waals surface area contributed by atoms with Crippen LogP contribution >= 0.6 is 0 Å². The van der Waals surface area contributed by atoms with Crippen molar-refractivity contribution in [3.05, 3.63) is 34.9 Å². The highest BCUT2D eigenvalue weighted by Crippen LogP contribution is 2.40. The van der Waals surface area contributed by atoms with Crippen LogP contribution in [0.3, 0.4) is 0 Å². The number of ether oxygens (including phenoxy) is 1. The number of methoxy groups -OCH3 is 1. The van der Waals surface area contributed by atoms with Crippen LogP contribution < -0.4 is 5.32 Å². The molecule has 112 valence electrons. The Morgan fingerprint density at radius 1 is 1.10 bits per heavy atom. The number of aryl methyl sites for hydroxylation is 2. The summed E-state index contributed by atoms with van der Waals surface area (Å²) < 4.78 is 5.13. The van der Waals surface area contributed by atoms with Gasteiger partial charge in [0.15, 0.2) is 0 Å². The van der Waals surface area contributed by atoms with Crippen molar-refractivity contribution in [1.29, 1.82) is 0 Å². The average molecular weight is 275 g/mol. The van der Waals surface area contributed by atoms with Gasteiger partial charge in [-0.25, -0.2) is 0 Å². The first-order chi connectivity index (χ1) is 9.63. The molecule has 1 aromatic rings. The second-order valence-electron chi connectivity index (χ2n) is 6.55. The quantitative estimate of drug-likeness (QED) is 0.767. The third kappa shape index (κ3) is 4.32. The Hall–Kier alpha value is -0.860. The van der Waals surface area contributed by atoms with Gasteiger partial charge in [-0.2, -0.15) is 0 Å². The van der Waals surface area contributed by atoms with Gasteiger partial charge in [0.1, 0.15) is 0 Å². The fourth-order valence-corrected chi connectivity index (χ4v) is 3.67. The van der Waals surface area contributed by atoms with Gasteiger partial charge in [0.25, 0.3) is 0 Å². The van der Waals surface area contributed by atoms with Crippen molar-refractivity contribution in [2.45, 2.75) is 46.0 Å². The maximum atomic E-state index is 5.13. The Morgan fingerprint density at radius 3 is 2.35 bits per heavy atom. The van der Waals surface area contributed by atoms with Crippen molar-refractivity contribution in [3.8, 4) is 0 Å². The van der Waals surface area contributed by atoms with Crippen molar-refractivity contribution in [2.75, 3.05) is 26.8 Å². The van der Waals surface area contributed by atoms with Gasteiger partial charge in [-0.05, 0) is 44.1 Å². The third-order valence-electron chi connectivity index (χ3n) is 4.51. The summed E-state index contributed by atoms with van der Waals surface area (Å²) in [5.74, 6) is 0. The van der Waals surface area contributed by atoms with E-state index in [-0.39, 0.29) is 0 Å². The normalized spacial score (nSPS) is 17.6. The van der Waals surface area contributed by atoms with Crippen LogP contribution in [0, 0.1) is 19.3 Å². The molecule has 0 aromatic heterocycles. The Bertz CT molecular complexity index is 401. The van der Waals surface area contributed by atoms with E-state index < -0.39 is 0 Å². The molecule has 0 saturated heterocycles. The molecule has 0 bridgehead atoms. The van der Waals surface area contributed by atoms with Gasteiger partial charge in [0.2, 0.25) is 0 Å². The second kappa shape index (κ2) is 7.24. The van der Waals surface area contributed by atoms with Gasteiger partial charge in [-0.15, -0.1) is 0 Å². The average Bonchev–Trinajstić information content (AvgIpc) is 2.82. The summed E-state index contributed by atoms with van der Waals surface area (Å²) in [6, 6.07) is 6.99. The summed E-state index contributed by atoms with van der Waals surface area (Å²) in [4.78, 5) is 0. The predicted molar refractivity (Wildman–Crippen MR) is 85.3 cm³/mol. The van der Waals surface area contributed by atoms with Crippen molar-refractivity contribution in [3.63, 3.8) is 0 Å². The Kier molecular flexibility index (Phi) is 5.62. The molecule has 1 aliphatic rings. The molecule has 0 atom stereocenters. The fraction of sp³-hybridized carbons (Fsp3) is 0.667. The van der Waals surface area contributed by atoms with Crippen LogP contribution in [0.1, 0.15) is 42.4 Å². The third-order valence-corrected chi connectivity index (χ3v) is 4.51. The lowest BCUT2D eigenvalue weighted by molar-refractivity contribution is 0.190. The van der Waals surface area contributed by atoms with Crippen LogP contribution in [0.2, 0.25) is 0 Å². The van der Waals surface area contributed by atoms with E-state index in [1.165, 1.54) is 48.8 Å². The maximum Gasteiger partial charge on any atom is 0.0587 e. The van der Waals surface area contributed by atoms with Crippen LogP contribution in [-0.4, -0.2) is 26.8 Å². The minimum absolute atomic E-state index is 0.466. The molecule has 1 saturated carbocycles. The molecular formula is C18H29NO. The molecule has 0 radical (unpaired) electrons. The zero-order valence-electron chi connectivity index (χ0n) is 13.3. The lowest BCUT2D eigenvalue weighted by Gasteiger charge is -2.30. The molecule has 1 aromatic carbocycles. The molecule has 0 aliphatic heterocycles. The van der Waals surface area contributed by atoms with Gasteiger partial charge in [0.05, 0.1) is 6.61 Å². The van der Waals surface area contributed by atoms with Crippen LogP contribution in [0.4, 0.5) is 0 Å². The first-order valence-corrected chi connectivity index (χ1v) is 7.90. The topological polar surface area (TPSA) is 21.3 Å². The monoisotopic (exact) mass is 275 g/mol. The minimum atomic E-state index is 0.466. The summed E-state index contributed by atoms with van der Waals surface area (Å²) in [5, 5.41) is 3.59. The molecular weight excluding hydrogens is 246 g/mol. The number of benzene rings is 1. The second-order valence-corrected chi connectivity index (χ2v) is 6.55. The summed E-state index contributed by atoms with van der Waals surface area (Å²) in [6.45, 7) is 7.30. The minimum Gasteiger partial charge on any atom is -0.383 e. The van der Waals surface area contributed by atoms with E-state index in [0.717, 1.165) is 19.7 Å². The number of hydrogen-bond acceptors (Lipinski definition) is 2. The SMILES string of the molecule is COCCNCC1(Cc2cc(C)cc(C)c2)CCCC1. The first kappa shape index (κ1) is 15.5.